The molecule has 18 heavy (non-hydrogen) atoms. The number of aliphatic hydroxyl groups excluding tert-OH is 3. The molecule has 0 unspecified atom stereocenters. The van der Waals surface area contributed by atoms with Crippen LogP contribution in [0.15, 0.2) is 0 Å². The third kappa shape index (κ3) is 3.99. The highest BCUT2D eigenvalue weighted by molar-refractivity contribution is 7.88. The van der Waals surface area contributed by atoms with E-state index in [0.29, 0.717) is 0 Å². The minimum atomic E-state index is -4.94. The average Bonchev–Trinajstić information content (AvgIpc) is 2.27. The molecule has 12 heteroatoms. The Kier molecular flexibility index (Phi) is 5.72. The van der Waals surface area contributed by atoms with E-state index in [9.17, 15) is 18.6 Å². The number of aliphatic hydroxyl groups is 3. The number of ether oxygens (including phenoxy) is 1. The van der Waals surface area contributed by atoms with Gasteiger partial charge in [0.2, 0.25) is 0 Å². The van der Waals surface area contributed by atoms with Crippen molar-refractivity contribution in [3.8, 4) is 0 Å². The minimum absolute atomic E-state index is 0.180. The van der Waals surface area contributed by atoms with E-state index in [-0.39, 0.29) is 12.3 Å². The van der Waals surface area contributed by atoms with E-state index in [0.717, 1.165) is 0 Å². The Morgan fingerprint density at radius 2 is 1.89 bits per heavy atom. The van der Waals surface area contributed by atoms with Crippen LogP contribution >= 0.6 is 12.3 Å². The molecule has 10 nitrogen and oxygen atoms in total. The van der Waals surface area contributed by atoms with Crippen molar-refractivity contribution in [2.75, 3.05) is 6.61 Å². The zero-order chi connectivity index (χ0) is 13.9. The lowest BCUT2D eigenvalue weighted by molar-refractivity contribution is -0.276. The van der Waals surface area contributed by atoms with Crippen molar-refractivity contribution in [3.05, 3.63) is 0 Å². The summed E-state index contributed by atoms with van der Waals surface area (Å²) in [6, 6.07) is 0. The van der Waals surface area contributed by atoms with Gasteiger partial charge in [-0.25, -0.2) is 4.18 Å². The molecule has 1 fully saturated rings. The van der Waals surface area contributed by atoms with Crippen LogP contribution in [0.5, 0.6) is 0 Å². The molecule has 0 radical (unpaired) electrons. The smallest absolute Gasteiger partial charge is 0.394 e. The molecule has 1 saturated heterocycles. The molecule has 0 aliphatic carbocycles. The first-order chi connectivity index (χ1) is 8.30. The maximum atomic E-state index is 10.6. The fourth-order valence-corrected chi connectivity index (χ4v) is 2.31. The van der Waals surface area contributed by atoms with Gasteiger partial charge in [0, 0.05) is 0 Å². The van der Waals surface area contributed by atoms with Crippen LogP contribution in [0.2, 0.25) is 0 Å². The van der Waals surface area contributed by atoms with E-state index in [2.05, 4.69) is 8.37 Å². The van der Waals surface area contributed by atoms with Crippen LogP contribution in [0.25, 0.3) is 0 Å². The Morgan fingerprint density at radius 3 is 2.33 bits per heavy atom. The van der Waals surface area contributed by atoms with Crippen LogP contribution in [-0.2, 0) is 23.5 Å². The maximum Gasteiger partial charge on any atom is 0.397 e. The van der Waals surface area contributed by atoms with Gasteiger partial charge in [0.25, 0.3) is 0 Å². The molecular weight excluding hydrogens is 296 g/mol. The van der Waals surface area contributed by atoms with Crippen molar-refractivity contribution in [3.63, 3.8) is 0 Å². The van der Waals surface area contributed by atoms with Crippen LogP contribution in [0.4, 0.5) is 0 Å². The topological polar surface area (TPSA) is 163 Å². The normalized spacial score (nSPS) is 37.7. The van der Waals surface area contributed by atoms with Gasteiger partial charge in [0.05, 0.1) is 6.61 Å². The molecule has 0 spiro atoms. The van der Waals surface area contributed by atoms with Crippen LogP contribution in [0, 0.1) is 0 Å². The fourth-order valence-electron chi connectivity index (χ4n) is 1.47. The number of rotatable bonds is 5. The second-order valence-corrected chi connectivity index (χ2v) is 4.75. The lowest BCUT2D eigenvalue weighted by Gasteiger charge is -2.40. The van der Waals surface area contributed by atoms with Crippen LogP contribution in [0.1, 0.15) is 0 Å². The molecule has 0 saturated carbocycles. The molecule has 0 aromatic rings. The first-order valence-electron chi connectivity index (χ1n) is 4.55. The summed E-state index contributed by atoms with van der Waals surface area (Å²) < 4.78 is 51.7. The highest BCUT2D eigenvalue weighted by atomic mass is 32.3. The van der Waals surface area contributed by atoms with Crippen molar-refractivity contribution < 1.29 is 45.9 Å². The van der Waals surface area contributed by atoms with Crippen molar-refractivity contribution in [2.45, 2.75) is 30.7 Å². The molecule has 1 aliphatic rings. The van der Waals surface area contributed by atoms with E-state index in [1.54, 1.807) is 0 Å². The molecule has 108 valence electrons. The SMILES string of the molecule is O=S(=O)(O)O[C@@H]1[C@@H](O)[C@@H](O)O[C@H](CO)[C@H]1OSO. The van der Waals surface area contributed by atoms with E-state index in [1.807, 2.05) is 0 Å². The standard InChI is InChI=1S/C6H12O10S2/c7-1-2-4(15-17-10)5(16-18(11,12)13)3(8)6(9)14-2/h2-10H,1H2,(H,11,12,13)/t2-,3-,4-,5-,6+/m1/s1. The molecule has 5 N–H and O–H groups in total. The lowest BCUT2D eigenvalue weighted by atomic mass is 9.99. The number of hydrogen-bond acceptors (Lipinski definition) is 10. The molecule has 5 atom stereocenters. The summed E-state index contributed by atoms with van der Waals surface area (Å²) in [7, 11) is -4.94. The van der Waals surface area contributed by atoms with Gasteiger partial charge in [-0.05, 0) is 0 Å². The summed E-state index contributed by atoms with van der Waals surface area (Å²) in [5.41, 5.74) is 0. The highest BCUT2D eigenvalue weighted by Gasteiger charge is 2.48. The van der Waals surface area contributed by atoms with Gasteiger partial charge in [-0.2, -0.15) is 8.42 Å². The van der Waals surface area contributed by atoms with E-state index in [4.69, 9.17) is 18.9 Å². The van der Waals surface area contributed by atoms with Gasteiger partial charge in [-0.15, -0.1) is 0 Å². The van der Waals surface area contributed by atoms with E-state index in [1.165, 1.54) is 0 Å². The molecular formula is C6H12O10S2. The van der Waals surface area contributed by atoms with E-state index >= 15 is 0 Å². The third-order valence-electron chi connectivity index (χ3n) is 2.20. The summed E-state index contributed by atoms with van der Waals surface area (Å²) in [6.45, 7) is -0.708. The van der Waals surface area contributed by atoms with Gasteiger partial charge < -0.3 is 24.6 Å². The fraction of sp³-hybridized carbons (Fsp3) is 1.00. The first kappa shape index (κ1) is 16.0. The van der Waals surface area contributed by atoms with Crippen LogP contribution < -0.4 is 0 Å². The molecule has 0 amide bonds. The molecule has 1 aliphatic heterocycles. The average molecular weight is 308 g/mol. The summed E-state index contributed by atoms with van der Waals surface area (Å²) in [5, 5.41) is 27.7. The zero-order valence-electron chi connectivity index (χ0n) is 8.69. The van der Waals surface area contributed by atoms with Crippen molar-refractivity contribution in [1.29, 1.82) is 0 Å². The van der Waals surface area contributed by atoms with Crippen molar-refractivity contribution >= 4 is 22.7 Å². The van der Waals surface area contributed by atoms with Gasteiger partial charge >= 0.3 is 10.4 Å². The molecule has 1 rings (SSSR count). The summed E-state index contributed by atoms with van der Waals surface area (Å²) in [5.74, 6) is 0. The van der Waals surface area contributed by atoms with Gasteiger partial charge in [-0.3, -0.25) is 8.74 Å². The van der Waals surface area contributed by atoms with Crippen LogP contribution in [-0.4, -0.2) is 70.2 Å². The molecule has 0 aromatic heterocycles. The van der Waals surface area contributed by atoms with E-state index < -0.39 is 47.7 Å². The zero-order valence-corrected chi connectivity index (χ0v) is 10.3. The van der Waals surface area contributed by atoms with Crippen LogP contribution in [0.3, 0.4) is 0 Å². The summed E-state index contributed by atoms with van der Waals surface area (Å²) >= 11 is -0.180. The van der Waals surface area contributed by atoms with Crippen molar-refractivity contribution in [1.82, 2.24) is 0 Å². The Morgan fingerprint density at radius 1 is 1.28 bits per heavy atom. The Bertz CT molecular complexity index is 357. The minimum Gasteiger partial charge on any atom is -0.394 e. The maximum absolute atomic E-state index is 10.6. The van der Waals surface area contributed by atoms with Gasteiger partial charge in [-0.1, -0.05) is 0 Å². The molecule has 0 aromatic carbocycles. The second kappa shape index (κ2) is 6.42. The second-order valence-electron chi connectivity index (χ2n) is 3.36. The van der Waals surface area contributed by atoms with Gasteiger partial charge in [0.1, 0.15) is 24.4 Å². The number of hydrogen-bond donors (Lipinski definition) is 5. The lowest BCUT2D eigenvalue weighted by Crippen LogP contribution is -2.60. The largest absolute Gasteiger partial charge is 0.397 e. The quantitative estimate of drug-likeness (QED) is 0.275. The van der Waals surface area contributed by atoms with Crippen molar-refractivity contribution in [2.24, 2.45) is 0 Å². The summed E-state index contributed by atoms with van der Waals surface area (Å²) in [4.78, 5) is 0. The molecule has 0 bridgehead atoms. The predicted octanol–water partition coefficient (Wildman–Crippen LogP) is -2.25. The Hall–Kier alpha value is -0.0200. The monoisotopic (exact) mass is 308 g/mol. The highest BCUT2D eigenvalue weighted by Crippen LogP contribution is 2.27. The Balaban J connectivity index is 2.95. The first-order valence-corrected chi connectivity index (χ1v) is 6.61. The Labute approximate surface area is 106 Å². The summed E-state index contributed by atoms with van der Waals surface area (Å²) in [6.07, 6.45) is -8.19. The predicted molar refractivity (Wildman–Crippen MR) is 55.5 cm³/mol. The van der Waals surface area contributed by atoms with Gasteiger partial charge in [0.15, 0.2) is 18.6 Å². The molecule has 1 heterocycles. The third-order valence-corrected chi connectivity index (χ3v) is 2.97.